The Morgan fingerprint density at radius 2 is 1.85 bits per heavy atom. The van der Waals surface area contributed by atoms with Crippen molar-refractivity contribution in [2.75, 3.05) is 43.4 Å². The van der Waals surface area contributed by atoms with E-state index >= 15 is 0 Å². The molecule has 0 radical (unpaired) electrons. The highest BCUT2D eigenvalue weighted by molar-refractivity contribution is 7.22. The van der Waals surface area contributed by atoms with E-state index in [-0.39, 0.29) is 0 Å². The van der Waals surface area contributed by atoms with Gasteiger partial charge in [-0.2, -0.15) is 4.37 Å². The van der Waals surface area contributed by atoms with Crippen LogP contribution in [0.15, 0.2) is 42.5 Å². The van der Waals surface area contributed by atoms with Crippen LogP contribution in [0.3, 0.4) is 0 Å². The fourth-order valence-corrected chi connectivity index (χ4v) is 5.23. The van der Waals surface area contributed by atoms with E-state index in [0.29, 0.717) is 5.13 Å². The van der Waals surface area contributed by atoms with Gasteiger partial charge in [0.1, 0.15) is 5.82 Å². The van der Waals surface area contributed by atoms with Gasteiger partial charge in [0.05, 0.1) is 14.9 Å². The quantitative estimate of drug-likeness (QED) is 0.569. The number of nitrogens with two attached hydrogens (primary N) is 1. The van der Waals surface area contributed by atoms with Gasteiger partial charge in [-0.1, -0.05) is 29.5 Å². The van der Waals surface area contributed by atoms with Crippen molar-refractivity contribution in [1.82, 2.24) is 14.3 Å². The molecule has 7 heteroatoms. The van der Waals surface area contributed by atoms with Crippen LogP contribution in [0.25, 0.3) is 20.3 Å². The summed E-state index contributed by atoms with van der Waals surface area (Å²) in [6.45, 7) is 5.32. The molecule has 27 heavy (non-hydrogen) atoms. The number of hydrogen-bond acceptors (Lipinski definition) is 7. The van der Waals surface area contributed by atoms with E-state index in [1.165, 1.54) is 20.3 Å². The lowest BCUT2D eigenvalue weighted by atomic mass is 10.1. The second-order valence-electron chi connectivity index (χ2n) is 6.94. The summed E-state index contributed by atoms with van der Waals surface area (Å²) in [5.74, 6) is 1.15. The van der Waals surface area contributed by atoms with Gasteiger partial charge in [-0.25, -0.2) is 4.98 Å². The molecule has 1 aliphatic heterocycles. The molecule has 138 valence electrons. The molecule has 1 aliphatic rings. The number of fused-ring (bicyclic) bond motifs is 2. The molecule has 2 aromatic heterocycles. The third-order valence-corrected chi connectivity index (χ3v) is 6.90. The maximum atomic E-state index is 5.81. The third kappa shape index (κ3) is 3.38. The monoisotopic (exact) mass is 395 g/mol. The van der Waals surface area contributed by atoms with Gasteiger partial charge in [-0.3, -0.25) is 4.90 Å². The molecular weight excluding hydrogens is 374 g/mol. The first-order valence-corrected chi connectivity index (χ1v) is 10.8. The maximum Gasteiger partial charge on any atom is 0.181 e. The van der Waals surface area contributed by atoms with Gasteiger partial charge in [-0.15, -0.1) is 0 Å². The van der Waals surface area contributed by atoms with Gasteiger partial charge in [0, 0.05) is 38.1 Å². The summed E-state index contributed by atoms with van der Waals surface area (Å²) in [7, 11) is 0. The van der Waals surface area contributed by atoms with E-state index in [4.69, 9.17) is 10.1 Å². The lowest BCUT2D eigenvalue weighted by Gasteiger charge is -2.35. The van der Waals surface area contributed by atoms with Gasteiger partial charge in [0.25, 0.3) is 0 Å². The fraction of sp³-hybridized carbons (Fsp3) is 0.300. The Kier molecular flexibility index (Phi) is 4.43. The maximum absolute atomic E-state index is 5.81. The van der Waals surface area contributed by atoms with E-state index in [0.717, 1.165) is 50.5 Å². The molecule has 4 aromatic rings. The van der Waals surface area contributed by atoms with Crippen molar-refractivity contribution in [3.05, 3.63) is 48.0 Å². The summed E-state index contributed by atoms with van der Waals surface area (Å²) < 4.78 is 7.14. The van der Waals surface area contributed by atoms with Crippen molar-refractivity contribution in [3.63, 3.8) is 0 Å². The van der Waals surface area contributed by atoms with Crippen molar-refractivity contribution >= 4 is 54.1 Å². The molecule has 0 aliphatic carbocycles. The van der Waals surface area contributed by atoms with Crippen LogP contribution in [0.4, 0.5) is 10.9 Å². The zero-order valence-corrected chi connectivity index (χ0v) is 16.6. The van der Waals surface area contributed by atoms with Crippen LogP contribution in [-0.4, -0.2) is 47.0 Å². The number of thiazole rings is 1. The number of rotatable bonds is 4. The van der Waals surface area contributed by atoms with E-state index in [2.05, 4.69) is 57.2 Å². The Labute approximate surface area is 166 Å². The summed E-state index contributed by atoms with van der Waals surface area (Å²) in [4.78, 5) is 9.38. The smallest absolute Gasteiger partial charge is 0.181 e. The molecule has 2 aromatic carbocycles. The summed E-state index contributed by atoms with van der Waals surface area (Å²) in [5.41, 5.74) is 8.17. The van der Waals surface area contributed by atoms with Crippen molar-refractivity contribution in [2.45, 2.75) is 6.42 Å². The molecule has 0 amide bonds. The summed E-state index contributed by atoms with van der Waals surface area (Å²) in [5, 5.41) is 1.93. The minimum Gasteiger partial charge on any atom is -0.375 e. The highest BCUT2D eigenvalue weighted by Gasteiger charge is 2.20. The highest BCUT2D eigenvalue weighted by Crippen LogP contribution is 2.30. The molecule has 5 nitrogen and oxygen atoms in total. The average molecular weight is 396 g/mol. The fourth-order valence-electron chi connectivity index (χ4n) is 3.72. The molecular formula is C20H21N5S2. The first-order valence-electron chi connectivity index (χ1n) is 9.23. The van der Waals surface area contributed by atoms with E-state index in [1.54, 1.807) is 22.9 Å². The number of nitrogen functional groups attached to an aromatic ring is 1. The van der Waals surface area contributed by atoms with Crippen LogP contribution in [0.2, 0.25) is 0 Å². The zero-order chi connectivity index (χ0) is 18.2. The Balaban J connectivity index is 1.20. The van der Waals surface area contributed by atoms with Crippen molar-refractivity contribution in [3.8, 4) is 0 Å². The minimum absolute atomic E-state index is 0.646. The molecule has 5 rings (SSSR count). The van der Waals surface area contributed by atoms with Gasteiger partial charge < -0.3 is 10.6 Å². The van der Waals surface area contributed by atoms with Crippen LogP contribution in [-0.2, 0) is 6.42 Å². The normalized spacial score (nSPS) is 15.8. The van der Waals surface area contributed by atoms with Gasteiger partial charge in [-0.05, 0) is 47.8 Å². The van der Waals surface area contributed by atoms with Gasteiger partial charge in [0.2, 0.25) is 0 Å². The molecule has 0 bridgehead atoms. The Bertz CT molecular complexity index is 1080. The van der Waals surface area contributed by atoms with Crippen molar-refractivity contribution in [1.29, 1.82) is 0 Å². The van der Waals surface area contributed by atoms with Crippen LogP contribution in [0, 0.1) is 0 Å². The van der Waals surface area contributed by atoms with Crippen molar-refractivity contribution < 1.29 is 0 Å². The molecule has 0 saturated carbocycles. The lowest BCUT2D eigenvalue weighted by Crippen LogP contribution is -2.47. The molecule has 0 atom stereocenters. The van der Waals surface area contributed by atoms with E-state index in [9.17, 15) is 0 Å². The number of nitrogens with zero attached hydrogens (tertiary/aromatic N) is 4. The van der Waals surface area contributed by atoms with Gasteiger partial charge >= 0.3 is 0 Å². The van der Waals surface area contributed by atoms with Crippen molar-refractivity contribution in [2.24, 2.45) is 0 Å². The van der Waals surface area contributed by atoms with Crippen LogP contribution >= 0.6 is 22.9 Å². The predicted molar refractivity (Wildman–Crippen MR) is 116 cm³/mol. The van der Waals surface area contributed by atoms with Crippen LogP contribution < -0.4 is 10.6 Å². The van der Waals surface area contributed by atoms with Gasteiger partial charge in [0.15, 0.2) is 5.13 Å². The molecule has 2 N–H and O–H groups in total. The lowest BCUT2D eigenvalue weighted by molar-refractivity contribution is 0.261. The predicted octanol–water partition coefficient (Wildman–Crippen LogP) is 3.85. The Morgan fingerprint density at radius 3 is 2.74 bits per heavy atom. The standard InChI is InChI=1S/C20H21N5S2/c21-20-22-16-13-14(5-6-18(16)26-20)7-8-24-9-11-25(12-10-24)19-15-3-1-2-4-17(15)27-23-19/h1-6,13H,7-12H2,(H2,21,22). The molecule has 1 saturated heterocycles. The topological polar surface area (TPSA) is 58.3 Å². The SMILES string of the molecule is Nc1nc2cc(CCN3CCN(c4nsc5ccccc45)CC3)ccc2s1. The first-order chi connectivity index (χ1) is 13.3. The number of aromatic nitrogens is 2. The molecule has 3 heterocycles. The first kappa shape index (κ1) is 16.9. The van der Waals surface area contributed by atoms with Crippen LogP contribution in [0.1, 0.15) is 5.56 Å². The number of anilines is 2. The molecule has 1 fully saturated rings. The Morgan fingerprint density at radius 1 is 1.00 bits per heavy atom. The summed E-state index contributed by atoms with van der Waals surface area (Å²) in [6.07, 6.45) is 1.05. The highest BCUT2D eigenvalue weighted by atomic mass is 32.1. The number of hydrogen-bond donors (Lipinski definition) is 1. The zero-order valence-electron chi connectivity index (χ0n) is 15.0. The molecule has 0 unspecified atom stereocenters. The second kappa shape index (κ2) is 7.07. The summed E-state index contributed by atoms with van der Waals surface area (Å²) >= 11 is 3.15. The summed E-state index contributed by atoms with van der Waals surface area (Å²) in [6, 6.07) is 15.0. The minimum atomic E-state index is 0.646. The average Bonchev–Trinajstić information content (AvgIpc) is 3.29. The third-order valence-electron chi connectivity index (χ3n) is 5.22. The van der Waals surface area contributed by atoms with E-state index < -0.39 is 0 Å². The molecule has 0 spiro atoms. The Hall–Kier alpha value is -2.22. The van der Waals surface area contributed by atoms with Crippen LogP contribution in [0.5, 0.6) is 0 Å². The second-order valence-corrected chi connectivity index (χ2v) is 8.80. The number of piperazine rings is 1. The largest absolute Gasteiger partial charge is 0.375 e. The van der Waals surface area contributed by atoms with E-state index in [1.807, 2.05) is 0 Å². The number of benzene rings is 2.